The Labute approximate surface area is 152 Å². The molecule has 0 radical (unpaired) electrons. The predicted molar refractivity (Wildman–Crippen MR) is 99.6 cm³/mol. The molecule has 1 aromatic heterocycles. The van der Waals surface area contributed by atoms with Crippen molar-refractivity contribution in [1.82, 2.24) is 9.80 Å². The molecule has 0 unspecified atom stereocenters. The molecule has 2 aliphatic heterocycles. The van der Waals surface area contributed by atoms with E-state index in [1.165, 1.54) is 11.1 Å². The second-order valence-electron chi connectivity index (χ2n) is 7.33. The summed E-state index contributed by atoms with van der Waals surface area (Å²) in [5.74, 6) is 0.123. The van der Waals surface area contributed by atoms with Crippen LogP contribution in [0, 0.1) is 0 Å². The zero-order valence-electron chi connectivity index (χ0n) is 14.4. The molecule has 0 spiro atoms. The average Bonchev–Trinajstić information content (AvgIpc) is 3.24. The average molecular weight is 356 g/mol. The summed E-state index contributed by atoms with van der Waals surface area (Å²) < 4.78 is 0. The van der Waals surface area contributed by atoms with Gasteiger partial charge in [0.2, 0.25) is 5.91 Å². The van der Waals surface area contributed by atoms with Gasteiger partial charge >= 0.3 is 0 Å². The first-order valence-electron chi connectivity index (χ1n) is 8.92. The highest BCUT2D eigenvalue weighted by molar-refractivity contribution is 7.08. The second kappa shape index (κ2) is 6.90. The van der Waals surface area contributed by atoms with E-state index in [1.807, 2.05) is 21.7 Å². The molecule has 1 saturated heterocycles. The fourth-order valence-corrected chi connectivity index (χ4v) is 4.65. The molecule has 1 N–H and O–H groups in total. The van der Waals surface area contributed by atoms with Crippen LogP contribution in [0.15, 0.2) is 41.1 Å². The highest BCUT2D eigenvalue weighted by Gasteiger charge is 2.39. The minimum Gasteiger partial charge on any atom is -0.387 e. The largest absolute Gasteiger partial charge is 0.387 e. The van der Waals surface area contributed by atoms with Gasteiger partial charge in [0, 0.05) is 26.2 Å². The SMILES string of the molecule is O=C(Cc1ccsc1)N1CC[C@@](O)(CN2CCc3ccccc3C2)C1. The van der Waals surface area contributed by atoms with Gasteiger partial charge in [-0.15, -0.1) is 0 Å². The number of thiophene rings is 1. The molecule has 25 heavy (non-hydrogen) atoms. The maximum absolute atomic E-state index is 12.5. The Kier molecular flexibility index (Phi) is 4.63. The third-order valence-electron chi connectivity index (χ3n) is 5.35. The number of hydrogen-bond acceptors (Lipinski definition) is 4. The van der Waals surface area contributed by atoms with E-state index < -0.39 is 5.60 Å². The van der Waals surface area contributed by atoms with E-state index in [2.05, 4.69) is 29.2 Å². The summed E-state index contributed by atoms with van der Waals surface area (Å²) in [4.78, 5) is 16.6. The van der Waals surface area contributed by atoms with Crippen LogP contribution in [0.25, 0.3) is 0 Å². The van der Waals surface area contributed by atoms with Crippen molar-refractivity contribution in [3.63, 3.8) is 0 Å². The maximum Gasteiger partial charge on any atom is 0.227 e. The lowest BCUT2D eigenvalue weighted by Gasteiger charge is -2.34. The molecule has 1 amide bonds. The Morgan fingerprint density at radius 3 is 2.84 bits per heavy atom. The van der Waals surface area contributed by atoms with Crippen LogP contribution in [-0.4, -0.2) is 52.6 Å². The number of aliphatic hydroxyl groups is 1. The highest BCUT2D eigenvalue weighted by atomic mass is 32.1. The van der Waals surface area contributed by atoms with Gasteiger partial charge in [-0.05, 0) is 46.4 Å². The van der Waals surface area contributed by atoms with Gasteiger partial charge in [0.1, 0.15) is 0 Å². The number of benzene rings is 1. The molecule has 2 aliphatic rings. The molecule has 5 heteroatoms. The Bertz CT molecular complexity index is 746. The van der Waals surface area contributed by atoms with Crippen LogP contribution >= 0.6 is 11.3 Å². The smallest absolute Gasteiger partial charge is 0.227 e. The second-order valence-corrected chi connectivity index (χ2v) is 8.11. The Balaban J connectivity index is 1.35. The van der Waals surface area contributed by atoms with Gasteiger partial charge in [0.15, 0.2) is 0 Å². The van der Waals surface area contributed by atoms with Crippen LogP contribution in [0.2, 0.25) is 0 Å². The summed E-state index contributed by atoms with van der Waals surface area (Å²) in [5.41, 5.74) is 3.07. The summed E-state index contributed by atoms with van der Waals surface area (Å²) >= 11 is 1.61. The van der Waals surface area contributed by atoms with Crippen molar-refractivity contribution < 1.29 is 9.90 Å². The maximum atomic E-state index is 12.5. The molecule has 1 aromatic carbocycles. The van der Waals surface area contributed by atoms with Crippen LogP contribution in [0.5, 0.6) is 0 Å². The van der Waals surface area contributed by atoms with Crippen LogP contribution < -0.4 is 0 Å². The first-order valence-corrected chi connectivity index (χ1v) is 9.86. The van der Waals surface area contributed by atoms with E-state index in [0.717, 1.165) is 25.1 Å². The van der Waals surface area contributed by atoms with Crippen molar-refractivity contribution in [2.75, 3.05) is 26.2 Å². The third-order valence-corrected chi connectivity index (χ3v) is 6.08. The standard InChI is InChI=1S/C20H24N2O2S/c23-19(11-16-6-10-25-13-16)22-9-7-20(24,15-22)14-21-8-5-17-3-1-2-4-18(17)12-21/h1-4,6,10,13,24H,5,7-9,11-12,14-15H2/t20-/m1/s1. The third kappa shape index (κ3) is 3.78. The van der Waals surface area contributed by atoms with Gasteiger partial charge in [-0.3, -0.25) is 9.69 Å². The summed E-state index contributed by atoms with van der Waals surface area (Å²) in [6.07, 6.45) is 2.14. The van der Waals surface area contributed by atoms with E-state index in [-0.39, 0.29) is 5.91 Å². The van der Waals surface area contributed by atoms with Crippen molar-refractivity contribution in [3.05, 3.63) is 57.8 Å². The van der Waals surface area contributed by atoms with Crippen molar-refractivity contribution in [2.45, 2.75) is 31.4 Å². The molecule has 1 atom stereocenters. The summed E-state index contributed by atoms with van der Waals surface area (Å²) in [6, 6.07) is 10.5. The van der Waals surface area contributed by atoms with Crippen molar-refractivity contribution >= 4 is 17.2 Å². The zero-order valence-corrected chi connectivity index (χ0v) is 15.2. The first kappa shape index (κ1) is 16.8. The monoisotopic (exact) mass is 356 g/mol. The molecule has 2 aromatic rings. The van der Waals surface area contributed by atoms with Gasteiger partial charge in [-0.25, -0.2) is 0 Å². The number of rotatable bonds is 4. The number of hydrogen-bond donors (Lipinski definition) is 1. The number of fused-ring (bicyclic) bond motifs is 1. The highest BCUT2D eigenvalue weighted by Crippen LogP contribution is 2.26. The molecule has 132 valence electrons. The van der Waals surface area contributed by atoms with E-state index >= 15 is 0 Å². The van der Waals surface area contributed by atoms with Gasteiger partial charge in [-0.2, -0.15) is 11.3 Å². The van der Waals surface area contributed by atoms with Gasteiger partial charge in [-0.1, -0.05) is 24.3 Å². The number of amides is 1. The fourth-order valence-electron chi connectivity index (χ4n) is 3.98. The predicted octanol–water partition coefficient (Wildman–Crippen LogP) is 2.31. The molecule has 4 nitrogen and oxygen atoms in total. The molecule has 0 saturated carbocycles. The van der Waals surface area contributed by atoms with Crippen molar-refractivity contribution in [2.24, 2.45) is 0 Å². The van der Waals surface area contributed by atoms with Crippen LogP contribution in [0.4, 0.5) is 0 Å². The fraction of sp³-hybridized carbons (Fsp3) is 0.450. The van der Waals surface area contributed by atoms with E-state index in [0.29, 0.717) is 32.5 Å². The lowest BCUT2D eigenvalue weighted by Crippen LogP contribution is -2.47. The van der Waals surface area contributed by atoms with Gasteiger partial charge in [0.25, 0.3) is 0 Å². The topological polar surface area (TPSA) is 43.8 Å². The summed E-state index contributed by atoms with van der Waals surface area (Å²) in [6.45, 7) is 3.62. The van der Waals surface area contributed by atoms with E-state index in [4.69, 9.17) is 0 Å². The molecular formula is C20H24N2O2S. The number of nitrogens with zero attached hydrogens (tertiary/aromatic N) is 2. The number of β-amino-alcohol motifs (C(OH)–C–C–N with tert-alkyl or cyclic N) is 1. The number of likely N-dealkylation sites (tertiary alicyclic amines) is 1. The Hall–Kier alpha value is -1.69. The molecule has 3 heterocycles. The minimum atomic E-state index is -0.781. The molecular weight excluding hydrogens is 332 g/mol. The lowest BCUT2D eigenvalue weighted by molar-refractivity contribution is -0.130. The molecule has 0 bridgehead atoms. The quantitative estimate of drug-likeness (QED) is 0.914. The van der Waals surface area contributed by atoms with Gasteiger partial charge in [0.05, 0.1) is 18.6 Å². The molecule has 4 rings (SSSR count). The van der Waals surface area contributed by atoms with Crippen LogP contribution in [0.1, 0.15) is 23.1 Å². The van der Waals surface area contributed by atoms with Crippen molar-refractivity contribution in [3.8, 4) is 0 Å². The molecule has 0 aliphatic carbocycles. The van der Waals surface area contributed by atoms with Crippen LogP contribution in [-0.2, 0) is 24.2 Å². The normalized spacial score (nSPS) is 23.6. The number of carbonyl (C=O) groups is 1. The summed E-state index contributed by atoms with van der Waals surface area (Å²) in [5, 5.41) is 15.0. The van der Waals surface area contributed by atoms with E-state index in [9.17, 15) is 9.90 Å². The van der Waals surface area contributed by atoms with Crippen LogP contribution in [0.3, 0.4) is 0 Å². The lowest BCUT2D eigenvalue weighted by atomic mass is 9.97. The van der Waals surface area contributed by atoms with E-state index in [1.54, 1.807) is 11.3 Å². The van der Waals surface area contributed by atoms with Gasteiger partial charge < -0.3 is 10.0 Å². The first-order chi connectivity index (χ1) is 12.1. The minimum absolute atomic E-state index is 0.123. The summed E-state index contributed by atoms with van der Waals surface area (Å²) in [7, 11) is 0. The number of carbonyl (C=O) groups excluding carboxylic acids is 1. The Morgan fingerprint density at radius 1 is 1.20 bits per heavy atom. The Morgan fingerprint density at radius 2 is 2.04 bits per heavy atom. The molecule has 1 fully saturated rings. The zero-order chi connectivity index (χ0) is 17.3. The van der Waals surface area contributed by atoms with Crippen molar-refractivity contribution in [1.29, 1.82) is 0 Å².